The van der Waals surface area contributed by atoms with Crippen molar-refractivity contribution in [3.8, 4) is 0 Å². The Kier molecular flexibility index (Phi) is 4.97. The highest BCUT2D eigenvalue weighted by molar-refractivity contribution is 6.12. The van der Waals surface area contributed by atoms with Crippen LogP contribution >= 0.6 is 0 Å². The van der Waals surface area contributed by atoms with Gasteiger partial charge in [-0.15, -0.1) is 0 Å². The van der Waals surface area contributed by atoms with Crippen LogP contribution in [0.3, 0.4) is 0 Å². The van der Waals surface area contributed by atoms with Crippen molar-refractivity contribution in [1.29, 1.82) is 0 Å². The number of hydrogen-bond donors (Lipinski definition) is 4. The minimum absolute atomic E-state index is 0.180. The van der Waals surface area contributed by atoms with E-state index < -0.39 is 0 Å². The fraction of sp³-hybridized carbons (Fsp3) is 0.0833. The molecule has 1 amide bonds. The highest BCUT2D eigenvalue weighted by Gasteiger charge is 2.12. The Balaban J connectivity index is 1.42. The quantitative estimate of drug-likeness (QED) is 0.335. The van der Waals surface area contributed by atoms with Crippen LogP contribution in [-0.2, 0) is 6.54 Å². The molecular formula is C24H21N7O. The van der Waals surface area contributed by atoms with Crippen LogP contribution in [0, 0.1) is 6.92 Å². The number of pyridine rings is 1. The predicted molar refractivity (Wildman–Crippen MR) is 126 cm³/mol. The molecule has 0 bridgehead atoms. The maximum Gasteiger partial charge on any atom is 0.257 e. The Labute approximate surface area is 183 Å². The van der Waals surface area contributed by atoms with Crippen LogP contribution in [0.2, 0.25) is 0 Å². The van der Waals surface area contributed by atoms with Crippen molar-refractivity contribution in [2.45, 2.75) is 13.5 Å². The number of aromatic nitrogens is 4. The molecule has 0 saturated carbocycles. The lowest BCUT2D eigenvalue weighted by Gasteiger charge is -2.12. The molecule has 8 nitrogen and oxygen atoms in total. The molecule has 0 unspecified atom stereocenters. The van der Waals surface area contributed by atoms with Crippen LogP contribution in [0.15, 0.2) is 67.0 Å². The molecule has 0 radical (unpaired) electrons. The molecule has 2 aromatic carbocycles. The first-order valence-corrected chi connectivity index (χ1v) is 10.2. The van der Waals surface area contributed by atoms with Crippen molar-refractivity contribution in [1.82, 2.24) is 19.9 Å². The van der Waals surface area contributed by atoms with Crippen molar-refractivity contribution < 1.29 is 4.79 Å². The third-order valence-electron chi connectivity index (χ3n) is 5.14. The SMILES string of the molecule is Cc1cc(Nc2cccc(NC(=O)c3cccc4cc[nH]c34)c2)c2ncc(CN)nc2n1. The van der Waals surface area contributed by atoms with E-state index in [4.69, 9.17) is 5.73 Å². The molecular weight excluding hydrogens is 402 g/mol. The number of para-hydroxylation sites is 1. The van der Waals surface area contributed by atoms with Gasteiger partial charge >= 0.3 is 0 Å². The standard InChI is InChI=1S/C24H21N7O/c1-14-10-20(22-23(28-14)30-18(12-25)13-27-22)29-16-5-3-6-17(11-16)31-24(32)19-7-2-4-15-8-9-26-21(15)19/h2-11,13,26H,12,25H2,1H3,(H,31,32)(H,28,29,30). The summed E-state index contributed by atoms with van der Waals surface area (Å²) in [5, 5.41) is 7.34. The summed E-state index contributed by atoms with van der Waals surface area (Å²) in [6.07, 6.45) is 3.48. The van der Waals surface area contributed by atoms with Crippen molar-refractivity contribution >= 4 is 45.0 Å². The summed E-state index contributed by atoms with van der Waals surface area (Å²) in [5.74, 6) is -0.180. The average Bonchev–Trinajstić information content (AvgIpc) is 3.27. The Morgan fingerprint density at radius 1 is 1.06 bits per heavy atom. The Morgan fingerprint density at radius 3 is 2.78 bits per heavy atom. The van der Waals surface area contributed by atoms with E-state index in [1.807, 2.05) is 61.7 Å². The number of fused-ring (bicyclic) bond motifs is 2. The first-order chi connectivity index (χ1) is 15.6. The van der Waals surface area contributed by atoms with Gasteiger partial charge in [-0.3, -0.25) is 4.79 Å². The van der Waals surface area contributed by atoms with E-state index in [0.29, 0.717) is 34.7 Å². The number of aromatic amines is 1. The third kappa shape index (κ3) is 3.75. The van der Waals surface area contributed by atoms with Gasteiger partial charge in [-0.1, -0.05) is 18.2 Å². The van der Waals surface area contributed by atoms with Crippen molar-refractivity contribution in [2.75, 3.05) is 10.6 Å². The largest absolute Gasteiger partial charge is 0.361 e. The second kappa shape index (κ2) is 8.09. The van der Waals surface area contributed by atoms with Crippen LogP contribution in [0.1, 0.15) is 21.7 Å². The summed E-state index contributed by atoms with van der Waals surface area (Å²) in [5.41, 5.74) is 12.0. The molecule has 0 saturated heterocycles. The monoisotopic (exact) mass is 423 g/mol. The van der Waals surface area contributed by atoms with E-state index in [1.165, 1.54) is 0 Å². The predicted octanol–water partition coefficient (Wildman–Crippen LogP) is 4.27. The lowest BCUT2D eigenvalue weighted by atomic mass is 10.1. The normalized spacial score (nSPS) is 11.1. The number of carbonyl (C=O) groups is 1. The zero-order valence-electron chi connectivity index (χ0n) is 17.4. The van der Waals surface area contributed by atoms with Gasteiger partial charge in [0, 0.05) is 35.2 Å². The van der Waals surface area contributed by atoms with Gasteiger partial charge in [-0.2, -0.15) is 0 Å². The highest BCUT2D eigenvalue weighted by atomic mass is 16.1. The molecule has 0 aliphatic rings. The number of carbonyl (C=O) groups excluding carboxylic acids is 1. The molecule has 32 heavy (non-hydrogen) atoms. The fourth-order valence-corrected chi connectivity index (χ4v) is 3.66. The summed E-state index contributed by atoms with van der Waals surface area (Å²) in [4.78, 5) is 29.4. The van der Waals surface area contributed by atoms with Crippen LogP contribution in [0.5, 0.6) is 0 Å². The smallest absolute Gasteiger partial charge is 0.257 e. The Hall–Kier alpha value is -4.30. The van der Waals surface area contributed by atoms with Crippen LogP contribution < -0.4 is 16.4 Å². The Bertz CT molecular complexity index is 1460. The summed E-state index contributed by atoms with van der Waals surface area (Å²) >= 11 is 0. The minimum atomic E-state index is -0.180. The summed E-state index contributed by atoms with van der Waals surface area (Å²) in [6, 6.07) is 17.0. The second-order valence-corrected chi connectivity index (χ2v) is 7.46. The topological polar surface area (TPSA) is 122 Å². The zero-order valence-corrected chi connectivity index (χ0v) is 17.4. The molecule has 0 fully saturated rings. The van der Waals surface area contributed by atoms with Gasteiger partial charge in [0.1, 0.15) is 5.52 Å². The number of nitrogens with zero attached hydrogens (tertiary/aromatic N) is 3. The van der Waals surface area contributed by atoms with E-state index in [-0.39, 0.29) is 5.91 Å². The number of benzene rings is 2. The summed E-state index contributed by atoms with van der Waals surface area (Å²) in [6.45, 7) is 2.21. The number of nitrogens with two attached hydrogens (primary N) is 1. The van der Waals surface area contributed by atoms with Gasteiger partial charge in [-0.05, 0) is 43.3 Å². The molecule has 3 heterocycles. The lowest BCUT2D eigenvalue weighted by molar-refractivity contribution is 0.102. The molecule has 0 spiro atoms. The van der Waals surface area contributed by atoms with Crippen molar-refractivity contribution in [3.63, 3.8) is 0 Å². The Morgan fingerprint density at radius 2 is 1.91 bits per heavy atom. The molecule has 3 aromatic heterocycles. The van der Waals surface area contributed by atoms with E-state index >= 15 is 0 Å². The summed E-state index contributed by atoms with van der Waals surface area (Å²) in [7, 11) is 0. The molecule has 158 valence electrons. The van der Waals surface area contributed by atoms with Crippen LogP contribution in [0.25, 0.3) is 22.1 Å². The number of anilines is 3. The van der Waals surface area contributed by atoms with Gasteiger partial charge in [0.05, 0.1) is 28.7 Å². The number of aryl methyl sites for hydroxylation is 1. The van der Waals surface area contributed by atoms with Crippen molar-refractivity contribution in [3.05, 3.63) is 83.9 Å². The van der Waals surface area contributed by atoms with Gasteiger partial charge in [0.2, 0.25) is 0 Å². The van der Waals surface area contributed by atoms with Crippen molar-refractivity contribution in [2.24, 2.45) is 5.73 Å². The highest BCUT2D eigenvalue weighted by Crippen LogP contribution is 2.26. The first-order valence-electron chi connectivity index (χ1n) is 10.2. The van der Waals surface area contributed by atoms with E-state index in [9.17, 15) is 4.79 Å². The van der Waals surface area contributed by atoms with Crippen LogP contribution in [-0.4, -0.2) is 25.8 Å². The van der Waals surface area contributed by atoms with Gasteiger partial charge < -0.3 is 21.4 Å². The van der Waals surface area contributed by atoms with Gasteiger partial charge in [0.25, 0.3) is 5.91 Å². The molecule has 5 N–H and O–H groups in total. The second-order valence-electron chi connectivity index (χ2n) is 7.46. The van der Waals surface area contributed by atoms with E-state index in [0.717, 1.165) is 28.0 Å². The summed E-state index contributed by atoms with van der Waals surface area (Å²) < 4.78 is 0. The minimum Gasteiger partial charge on any atom is -0.361 e. The molecule has 5 rings (SSSR count). The molecule has 0 aliphatic carbocycles. The average molecular weight is 423 g/mol. The van der Waals surface area contributed by atoms with E-state index in [2.05, 4.69) is 30.6 Å². The van der Waals surface area contributed by atoms with Gasteiger partial charge in [-0.25, -0.2) is 15.0 Å². The number of rotatable bonds is 5. The van der Waals surface area contributed by atoms with Crippen LogP contribution in [0.4, 0.5) is 17.1 Å². The first kappa shape index (κ1) is 19.7. The number of H-pyrrole nitrogens is 1. The van der Waals surface area contributed by atoms with Gasteiger partial charge in [0.15, 0.2) is 5.65 Å². The third-order valence-corrected chi connectivity index (χ3v) is 5.14. The molecule has 0 aliphatic heterocycles. The number of amides is 1. The maximum absolute atomic E-state index is 12.9. The number of hydrogen-bond acceptors (Lipinski definition) is 6. The molecule has 0 atom stereocenters. The lowest BCUT2D eigenvalue weighted by Crippen LogP contribution is -2.12. The fourth-order valence-electron chi connectivity index (χ4n) is 3.66. The molecule has 8 heteroatoms. The molecule has 5 aromatic rings. The number of nitrogens with one attached hydrogen (secondary N) is 3. The van der Waals surface area contributed by atoms with E-state index in [1.54, 1.807) is 12.3 Å². The maximum atomic E-state index is 12.9. The zero-order chi connectivity index (χ0) is 22.1.